The number of carbonyl (C=O) groups excluding carboxylic acids is 1. The highest BCUT2D eigenvalue weighted by Gasteiger charge is 2.31. The molecule has 0 spiro atoms. The van der Waals surface area contributed by atoms with Crippen LogP contribution in [0, 0.1) is 0 Å². The van der Waals surface area contributed by atoms with E-state index in [9.17, 15) is 9.90 Å². The summed E-state index contributed by atoms with van der Waals surface area (Å²) in [5.74, 6) is 0.0555. The van der Waals surface area contributed by atoms with Crippen molar-refractivity contribution in [2.75, 3.05) is 13.2 Å². The van der Waals surface area contributed by atoms with E-state index >= 15 is 0 Å². The number of rotatable bonds is 5. The van der Waals surface area contributed by atoms with Crippen LogP contribution in [-0.2, 0) is 9.47 Å². The van der Waals surface area contributed by atoms with Gasteiger partial charge >= 0.3 is 6.09 Å². The molecular weight excluding hydrogens is 342 g/mol. The number of amides is 1. The number of aliphatic hydroxyl groups excluding tert-OH is 1. The van der Waals surface area contributed by atoms with Gasteiger partial charge in [-0.15, -0.1) is 0 Å². The molecule has 1 amide bonds. The molecule has 5 nitrogen and oxygen atoms in total. The van der Waals surface area contributed by atoms with Gasteiger partial charge in [0.2, 0.25) is 0 Å². The fourth-order valence-electron chi connectivity index (χ4n) is 4.15. The number of fused-ring (bicyclic) bond motifs is 3. The van der Waals surface area contributed by atoms with Crippen LogP contribution in [0.4, 0.5) is 4.79 Å². The third-order valence-corrected chi connectivity index (χ3v) is 5.59. The summed E-state index contributed by atoms with van der Waals surface area (Å²) < 4.78 is 11.3. The highest BCUT2D eigenvalue weighted by Crippen LogP contribution is 2.44. The molecule has 27 heavy (non-hydrogen) atoms. The molecule has 142 valence electrons. The van der Waals surface area contributed by atoms with Crippen LogP contribution in [0.15, 0.2) is 48.5 Å². The Morgan fingerprint density at radius 1 is 1.15 bits per heavy atom. The van der Waals surface area contributed by atoms with Crippen molar-refractivity contribution in [2.24, 2.45) is 0 Å². The maximum atomic E-state index is 12.3. The molecule has 0 aromatic heterocycles. The van der Waals surface area contributed by atoms with E-state index in [2.05, 4.69) is 29.6 Å². The van der Waals surface area contributed by atoms with Crippen LogP contribution >= 0.6 is 0 Å². The van der Waals surface area contributed by atoms with Gasteiger partial charge in [0, 0.05) is 5.92 Å². The Kier molecular flexibility index (Phi) is 5.14. The molecule has 2 aliphatic rings. The van der Waals surface area contributed by atoms with Crippen LogP contribution in [0.2, 0.25) is 0 Å². The molecule has 0 unspecified atom stereocenters. The van der Waals surface area contributed by atoms with Gasteiger partial charge in [-0.1, -0.05) is 48.5 Å². The minimum atomic E-state index is -0.430. The molecule has 1 fully saturated rings. The molecule has 2 N–H and O–H groups in total. The number of carbonyl (C=O) groups is 1. The molecule has 0 saturated carbocycles. The highest BCUT2D eigenvalue weighted by molar-refractivity contribution is 5.79. The minimum Gasteiger partial charge on any atom is -0.449 e. The topological polar surface area (TPSA) is 67.8 Å². The lowest BCUT2D eigenvalue weighted by atomic mass is 9.98. The van der Waals surface area contributed by atoms with E-state index in [0.717, 1.165) is 12.8 Å². The highest BCUT2D eigenvalue weighted by atomic mass is 16.6. The number of alkyl carbamates (subject to hydrolysis) is 1. The van der Waals surface area contributed by atoms with Crippen molar-refractivity contribution < 1.29 is 19.4 Å². The zero-order valence-corrected chi connectivity index (χ0v) is 15.4. The number of hydrogen-bond donors (Lipinski definition) is 2. The fraction of sp³-hybridized carbons (Fsp3) is 0.409. The van der Waals surface area contributed by atoms with Gasteiger partial charge in [0.15, 0.2) is 0 Å². The van der Waals surface area contributed by atoms with Gasteiger partial charge in [-0.2, -0.15) is 0 Å². The van der Waals surface area contributed by atoms with Gasteiger partial charge < -0.3 is 19.9 Å². The van der Waals surface area contributed by atoms with Crippen molar-refractivity contribution in [2.45, 2.75) is 43.9 Å². The first-order valence-corrected chi connectivity index (χ1v) is 9.55. The van der Waals surface area contributed by atoms with E-state index in [1.807, 2.05) is 31.2 Å². The monoisotopic (exact) mass is 367 g/mol. The Balaban J connectivity index is 1.38. The van der Waals surface area contributed by atoms with Crippen LogP contribution < -0.4 is 5.32 Å². The molecule has 2 aromatic carbocycles. The van der Waals surface area contributed by atoms with Gasteiger partial charge in [-0.05, 0) is 42.0 Å². The zero-order chi connectivity index (χ0) is 18.8. The summed E-state index contributed by atoms with van der Waals surface area (Å²) in [6.45, 7) is 2.23. The fourth-order valence-corrected chi connectivity index (χ4v) is 4.15. The first-order valence-electron chi connectivity index (χ1n) is 9.55. The zero-order valence-electron chi connectivity index (χ0n) is 15.4. The van der Waals surface area contributed by atoms with Crippen molar-refractivity contribution >= 4 is 6.09 Å². The molecular formula is C22H25NO4. The molecule has 4 rings (SSSR count). The second-order valence-electron chi connectivity index (χ2n) is 7.32. The largest absolute Gasteiger partial charge is 0.449 e. The first kappa shape index (κ1) is 18.0. The summed E-state index contributed by atoms with van der Waals surface area (Å²) >= 11 is 0. The van der Waals surface area contributed by atoms with E-state index in [4.69, 9.17) is 9.47 Å². The summed E-state index contributed by atoms with van der Waals surface area (Å²) in [7, 11) is 0. The minimum absolute atomic E-state index is 0.0220. The molecule has 1 saturated heterocycles. The van der Waals surface area contributed by atoms with Gasteiger partial charge in [0.05, 0.1) is 24.9 Å². The molecule has 1 heterocycles. The first-order chi connectivity index (χ1) is 13.2. The number of benzene rings is 2. The van der Waals surface area contributed by atoms with Gasteiger partial charge in [0.1, 0.15) is 6.61 Å². The maximum absolute atomic E-state index is 12.3. The lowest BCUT2D eigenvalue weighted by Gasteiger charge is -2.21. The predicted octanol–water partition coefficient (Wildman–Crippen LogP) is 3.45. The summed E-state index contributed by atoms with van der Waals surface area (Å²) in [5, 5.41) is 12.0. The average Bonchev–Trinajstić information content (AvgIpc) is 3.29. The van der Waals surface area contributed by atoms with E-state index in [0.29, 0.717) is 6.61 Å². The molecule has 1 aliphatic carbocycles. The quantitative estimate of drug-likeness (QED) is 0.849. The Bertz CT molecular complexity index is 776. The smallest absolute Gasteiger partial charge is 0.407 e. The van der Waals surface area contributed by atoms with E-state index in [-0.39, 0.29) is 30.8 Å². The Morgan fingerprint density at radius 3 is 2.37 bits per heavy atom. The number of hydrogen-bond acceptors (Lipinski definition) is 4. The Morgan fingerprint density at radius 2 is 1.78 bits per heavy atom. The molecule has 3 atom stereocenters. The number of ether oxygens (including phenoxy) is 2. The van der Waals surface area contributed by atoms with Crippen LogP contribution in [0.3, 0.4) is 0 Å². The molecule has 0 bridgehead atoms. The molecule has 5 heteroatoms. The van der Waals surface area contributed by atoms with Crippen LogP contribution in [-0.4, -0.2) is 42.7 Å². The average molecular weight is 367 g/mol. The number of aliphatic hydroxyl groups is 1. The lowest BCUT2D eigenvalue weighted by molar-refractivity contribution is -0.00198. The maximum Gasteiger partial charge on any atom is 0.407 e. The SMILES string of the molecule is C[C@H](NC(=O)OCC1c2ccccc2-c2ccccc21)[C@@H]1CC[C@@H](CO)O1. The number of nitrogens with one attached hydrogen (secondary N) is 1. The van der Waals surface area contributed by atoms with E-state index < -0.39 is 6.09 Å². The van der Waals surface area contributed by atoms with Crippen LogP contribution in [0.1, 0.15) is 36.8 Å². The van der Waals surface area contributed by atoms with Gasteiger partial charge in [-0.3, -0.25) is 0 Å². The molecule has 1 aliphatic heterocycles. The third kappa shape index (κ3) is 3.57. The normalized spacial score (nSPS) is 22.1. The second kappa shape index (κ2) is 7.71. The van der Waals surface area contributed by atoms with Crippen LogP contribution in [0.25, 0.3) is 11.1 Å². The summed E-state index contributed by atoms with van der Waals surface area (Å²) in [5.41, 5.74) is 4.82. The van der Waals surface area contributed by atoms with E-state index in [1.165, 1.54) is 22.3 Å². The summed E-state index contributed by atoms with van der Waals surface area (Å²) in [6, 6.07) is 16.4. The van der Waals surface area contributed by atoms with Crippen molar-refractivity contribution in [1.82, 2.24) is 5.32 Å². The Labute approximate surface area is 159 Å². The van der Waals surface area contributed by atoms with E-state index in [1.54, 1.807) is 0 Å². The third-order valence-electron chi connectivity index (χ3n) is 5.59. The summed E-state index contributed by atoms with van der Waals surface area (Å²) in [6.07, 6.45) is 1.01. The van der Waals surface area contributed by atoms with Crippen molar-refractivity contribution in [3.63, 3.8) is 0 Å². The molecule has 0 radical (unpaired) electrons. The second-order valence-corrected chi connectivity index (χ2v) is 7.32. The standard InChI is InChI=1S/C22H25NO4/c1-14(21-11-10-15(12-24)27-21)23-22(25)26-13-20-18-8-4-2-6-16(18)17-7-3-5-9-19(17)20/h2-9,14-15,20-21,24H,10-13H2,1H3,(H,23,25)/t14-,15-,21-/m0/s1. The van der Waals surface area contributed by atoms with Crippen LogP contribution in [0.5, 0.6) is 0 Å². The van der Waals surface area contributed by atoms with Gasteiger partial charge in [-0.25, -0.2) is 4.79 Å². The Hall–Kier alpha value is -2.37. The van der Waals surface area contributed by atoms with Crippen molar-refractivity contribution in [3.05, 3.63) is 59.7 Å². The summed E-state index contributed by atoms with van der Waals surface area (Å²) in [4.78, 5) is 12.3. The predicted molar refractivity (Wildman–Crippen MR) is 103 cm³/mol. The molecule has 2 aromatic rings. The van der Waals surface area contributed by atoms with Crippen molar-refractivity contribution in [1.29, 1.82) is 0 Å². The van der Waals surface area contributed by atoms with Crippen molar-refractivity contribution in [3.8, 4) is 11.1 Å². The van der Waals surface area contributed by atoms with Gasteiger partial charge in [0.25, 0.3) is 0 Å². The lowest BCUT2D eigenvalue weighted by Crippen LogP contribution is -2.42.